The van der Waals surface area contributed by atoms with E-state index in [2.05, 4.69) is 10.4 Å². The molecule has 206 valence electrons. The number of hydrogen-bond donors (Lipinski definition) is 2. The molecule has 2 N–H and O–H groups in total. The molecular weight excluding hydrogens is 546 g/mol. The summed E-state index contributed by atoms with van der Waals surface area (Å²) < 4.78 is 43.5. The molecule has 0 aliphatic heterocycles. The number of rotatable bonds is 8. The van der Waals surface area contributed by atoms with Crippen molar-refractivity contribution >= 4 is 40.9 Å². The summed E-state index contributed by atoms with van der Waals surface area (Å²) in [5.74, 6) is -2.39. The van der Waals surface area contributed by atoms with Crippen molar-refractivity contribution in [2.45, 2.75) is 77.1 Å². The van der Waals surface area contributed by atoms with Gasteiger partial charge in [0.1, 0.15) is 0 Å². The molecule has 1 amide bonds. The van der Waals surface area contributed by atoms with Crippen molar-refractivity contribution in [3.63, 3.8) is 0 Å². The van der Waals surface area contributed by atoms with Crippen LogP contribution in [0.4, 0.5) is 13.2 Å². The maximum Gasteiger partial charge on any atom is 0.433 e. The number of carbonyl (C=O) groups excluding carboxylic acids is 2. The van der Waals surface area contributed by atoms with Crippen LogP contribution in [0.25, 0.3) is 0 Å². The minimum atomic E-state index is -4.88. The van der Waals surface area contributed by atoms with Crippen molar-refractivity contribution in [1.29, 1.82) is 0 Å². The molecule has 2 fully saturated rings. The van der Waals surface area contributed by atoms with Gasteiger partial charge in [0.2, 0.25) is 0 Å². The average Bonchev–Trinajstić information content (AvgIpc) is 3.40. The normalized spacial score (nSPS) is 23.5. The third-order valence-corrected chi connectivity index (χ3v) is 8.68. The van der Waals surface area contributed by atoms with E-state index in [9.17, 15) is 32.7 Å². The van der Waals surface area contributed by atoms with E-state index >= 15 is 0 Å². The number of nitrogens with zero attached hydrogens (tertiary/aromatic N) is 2. The SMILES string of the molecule is CC1(C(=O)O)CCC(n2ncc(C(=O)NC(CC(=O)c3c(Cl)cccc3Cl)C3(C)CC3)c2C(F)(F)F)CC1. The highest BCUT2D eigenvalue weighted by Gasteiger charge is 2.48. The van der Waals surface area contributed by atoms with Gasteiger partial charge in [-0.3, -0.25) is 19.1 Å². The molecule has 4 rings (SSSR count). The van der Waals surface area contributed by atoms with Crippen LogP contribution in [0.5, 0.6) is 0 Å². The Hall–Kier alpha value is -2.59. The summed E-state index contributed by atoms with van der Waals surface area (Å²) in [5, 5.41) is 16.3. The summed E-state index contributed by atoms with van der Waals surface area (Å²) >= 11 is 12.3. The molecule has 38 heavy (non-hydrogen) atoms. The summed E-state index contributed by atoms with van der Waals surface area (Å²) in [4.78, 5) is 37.8. The predicted octanol–water partition coefficient (Wildman–Crippen LogP) is 6.59. The fourth-order valence-electron chi connectivity index (χ4n) is 5.09. The number of benzene rings is 1. The predicted molar refractivity (Wildman–Crippen MR) is 134 cm³/mol. The molecule has 1 aromatic heterocycles. The van der Waals surface area contributed by atoms with Crippen LogP contribution in [-0.2, 0) is 11.0 Å². The third-order valence-electron chi connectivity index (χ3n) is 8.05. The van der Waals surface area contributed by atoms with E-state index in [0.29, 0.717) is 12.8 Å². The number of Topliss-reactive ketones (excluding diaryl/α,β-unsaturated/α-hetero) is 1. The van der Waals surface area contributed by atoms with Gasteiger partial charge >= 0.3 is 12.1 Å². The number of alkyl halides is 3. The molecule has 1 unspecified atom stereocenters. The highest BCUT2D eigenvalue weighted by Crippen LogP contribution is 2.50. The topological polar surface area (TPSA) is 101 Å². The zero-order chi connectivity index (χ0) is 28.0. The van der Waals surface area contributed by atoms with Crippen molar-refractivity contribution in [2.24, 2.45) is 10.8 Å². The van der Waals surface area contributed by atoms with E-state index in [4.69, 9.17) is 23.2 Å². The smallest absolute Gasteiger partial charge is 0.433 e. The number of carboxylic acid groups (broad SMARTS) is 1. The first-order valence-electron chi connectivity index (χ1n) is 12.3. The number of carbonyl (C=O) groups is 3. The lowest BCUT2D eigenvalue weighted by Gasteiger charge is -2.34. The van der Waals surface area contributed by atoms with Gasteiger partial charge in [-0.2, -0.15) is 18.3 Å². The van der Waals surface area contributed by atoms with E-state index in [0.717, 1.165) is 10.9 Å². The number of halogens is 5. The van der Waals surface area contributed by atoms with Crippen LogP contribution >= 0.6 is 23.2 Å². The van der Waals surface area contributed by atoms with E-state index in [-0.39, 0.29) is 47.7 Å². The molecular formula is C26H28Cl2F3N3O4. The fourth-order valence-corrected chi connectivity index (χ4v) is 5.70. The van der Waals surface area contributed by atoms with E-state index in [1.807, 2.05) is 6.92 Å². The Morgan fingerprint density at radius 1 is 1.13 bits per heavy atom. The van der Waals surface area contributed by atoms with Crippen molar-refractivity contribution in [3.05, 3.63) is 51.3 Å². The number of ketones is 1. The standard InChI is InChI=1S/C26H28Cl2F3N3O4/c1-24(10-11-24)19(12-18(35)20-16(27)4-3-5-17(20)28)33-22(36)15-13-32-34(21(15)26(29,30)31)14-6-8-25(2,9-7-14)23(37)38/h3-5,13-14,19H,6-12H2,1-2H3,(H,33,36)(H,37,38). The number of amides is 1. The van der Waals surface area contributed by atoms with E-state index in [1.54, 1.807) is 13.0 Å². The van der Waals surface area contributed by atoms with Crippen LogP contribution in [0, 0.1) is 10.8 Å². The van der Waals surface area contributed by atoms with Crippen molar-refractivity contribution in [2.75, 3.05) is 0 Å². The Bertz CT molecular complexity index is 1240. The number of hydrogen-bond acceptors (Lipinski definition) is 4. The van der Waals surface area contributed by atoms with Gasteiger partial charge in [0.15, 0.2) is 11.5 Å². The third kappa shape index (κ3) is 5.57. The number of carboxylic acids is 1. The molecule has 2 saturated carbocycles. The first-order chi connectivity index (χ1) is 17.7. The quantitative estimate of drug-likeness (QED) is 0.347. The molecule has 0 saturated heterocycles. The van der Waals surface area contributed by atoms with Crippen LogP contribution in [0.2, 0.25) is 10.0 Å². The zero-order valence-corrected chi connectivity index (χ0v) is 22.4. The van der Waals surface area contributed by atoms with Crippen molar-refractivity contribution in [3.8, 4) is 0 Å². The maximum atomic E-state index is 14.2. The molecule has 2 aromatic rings. The molecule has 0 spiro atoms. The Morgan fingerprint density at radius 2 is 1.71 bits per heavy atom. The second-order valence-corrected chi connectivity index (χ2v) is 11.7. The summed E-state index contributed by atoms with van der Waals surface area (Å²) in [6, 6.07) is 3.18. The lowest BCUT2D eigenvalue weighted by Crippen LogP contribution is -2.42. The minimum Gasteiger partial charge on any atom is -0.481 e. The first-order valence-corrected chi connectivity index (χ1v) is 13.1. The highest BCUT2D eigenvalue weighted by molar-refractivity contribution is 6.39. The fraction of sp³-hybridized carbons (Fsp3) is 0.538. The monoisotopic (exact) mass is 573 g/mol. The molecule has 12 heteroatoms. The summed E-state index contributed by atoms with van der Waals surface area (Å²) in [7, 11) is 0. The van der Waals surface area contributed by atoms with Gasteiger partial charge in [0.05, 0.1) is 38.8 Å². The summed E-state index contributed by atoms with van der Waals surface area (Å²) in [6.07, 6.45) is -2.03. The first kappa shape index (κ1) is 28.4. The van der Waals surface area contributed by atoms with Crippen LogP contribution in [0.15, 0.2) is 24.4 Å². The molecule has 7 nitrogen and oxygen atoms in total. The zero-order valence-electron chi connectivity index (χ0n) is 20.9. The Labute approximate surface area is 227 Å². The van der Waals surface area contributed by atoms with Gasteiger partial charge in [-0.1, -0.05) is 36.2 Å². The molecule has 1 heterocycles. The largest absolute Gasteiger partial charge is 0.481 e. The van der Waals surface area contributed by atoms with Crippen molar-refractivity contribution in [1.82, 2.24) is 15.1 Å². The molecule has 2 aliphatic carbocycles. The van der Waals surface area contributed by atoms with Gasteiger partial charge in [0, 0.05) is 12.5 Å². The lowest BCUT2D eigenvalue weighted by molar-refractivity contribution is -0.152. The number of nitrogens with one attached hydrogen (secondary N) is 1. The summed E-state index contributed by atoms with van der Waals surface area (Å²) in [6.45, 7) is 3.43. The van der Waals surface area contributed by atoms with Crippen LogP contribution in [0.1, 0.15) is 91.2 Å². The molecule has 0 bridgehead atoms. The molecule has 2 aliphatic rings. The highest BCUT2D eigenvalue weighted by atomic mass is 35.5. The molecule has 0 radical (unpaired) electrons. The Morgan fingerprint density at radius 3 is 2.21 bits per heavy atom. The lowest BCUT2D eigenvalue weighted by atomic mass is 9.74. The molecule has 1 aromatic carbocycles. The van der Waals surface area contributed by atoms with Gasteiger partial charge in [0.25, 0.3) is 5.91 Å². The second-order valence-electron chi connectivity index (χ2n) is 10.9. The van der Waals surface area contributed by atoms with E-state index in [1.165, 1.54) is 12.1 Å². The van der Waals surface area contributed by atoms with Crippen LogP contribution < -0.4 is 5.32 Å². The average molecular weight is 574 g/mol. The van der Waals surface area contributed by atoms with Gasteiger partial charge in [-0.25, -0.2) is 0 Å². The second kappa shape index (κ2) is 10.2. The number of aromatic nitrogens is 2. The van der Waals surface area contributed by atoms with Crippen LogP contribution in [-0.4, -0.2) is 38.6 Å². The minimum absolute atomic E-state index is 0.105. The van der Waals surface area contributed by atoms with Gasteiger partial charge < -0.3 is 10.4 Å². The Balaban J connectivity index is 1.58. The van der Waals surface area contributed by atoms with Crippen molar-refractivity contribution < 1.29 is 32.7 Å². The Kier molecular flexibility index (Phi) is 7.62. The maximum absolute atomic E-state index is 14.2. The summed E-state index contributed by atoms with van der Waals surface area (Å²) in [5.41, 5.74) is -3.18. The van der Waals surface area contributed by atoms with Crippen LogP contribution in [0.3, 0.4) is 0 Å². The molecule has 1 atom stereocenters. The van der Waals surface area contributed by atoms with Gasteiger partial charge in [-0.15, -0.1) is 0 Å². The van der Waals surface area contributed by atoms with E-state index < -0.39 is 58.0 Å². The number of aliphatic carboxylic acids is 1. The van der Waals surface area contributed by atoms with Gasteiger partial charge in [-0.05, 0) is 63.0 Å².